The average molecular weight is 423 g/mol. The van der Waals surface area contributed by atoms with E-state index in [1.807, 2.05) is 31.3 Å². The summed E-state index contributed by atoms with van der Waals surface area (Å²) in [7, 11) is 1.69. The molecule has 1 aliphatic heterocycles. The predicted molar refractivity (Wildman–Crippen MR) is 122 cm³/mol. The van der Waals surface area contributed by atoms with Crippen molar-refractivity contribution in [3.63, 3.8) is 0 Å². The monoisotopic (exact) mass is 422 g/mol. The number of primary amides is 1. The SMILES string of the molecule is CCOc1ccc(Cc2cnc(N3CCc4ccc(N(C)C(N)=O)cc4C3)s2)cc1. The quantitative estimate of drug-likeness (QED) is 0.646. The Labute approximate surface area is 180 Å². The first-order valence-corrected chi connectivity index (χ1v) is 10.9. The smallest absolute Gasteiger partial charge is 0.318 e. The first-order chi connectivity index (χ1) is 14.5. The minimum Gasteiger partial charge on any atom is -0.494 e. The summed E-state index contributed by atoms with van der Waals surface area (Å²) in [6, 6.07) is 13.9. The normalized spacial score (nSPS) is 13.1. The van der Waals surface area contributed by atoms with E-state index >= 15 is 0 Å². The number of urea groups is 1. The molecule has 0 saturated heterocycles. The number of nitrogens with zero attached hydrogens (tertiary/aromatic N) is 3. The van der Waals surface area contributed by atoms with Crippen molar-refractivity contribution in [2.75, 3.05) is 30.0 Å². The van der Waals surface area contributed by atoms with E-state index in [0.717, 1.165) is 42.5 Å². The van der Waals surface area contributed by atoms with Crippen LogP contribution in [0, 0.1) is 0 Å². The lowest BCUT2D eigenvalue weighted by Crippen LogP contribution is -2.33. The third-order valence-electron chi connectivity index (χ3n) is 5.34. The Hall–Kier alpha value is -3.06. The predicted octanol–water partition coefficient (Wildman–Crippen LogP) is 4.21. The van der Waals surface area contributed by atoms with Gasteiger partial charge in [-0.25, -0.2) is 9.78 Å². The minimum atomic E-state index is -0.457. The number of hydrogen-bond acceptors (Lipinski definition) is 5. The Balaban J connectivity index is 1.45. The van der Waals surface area contributed by atoms with Gasteiger partial charge < -0.3 is 15.4 Å². The standard InChI is InChI=1S/C23H26N4O2S/c1-3-29-20-8-4-16(5-9-20)12-21-14-25-23(30-21)27-11-10-17-6-7-19(13-18(17)15-27)26(2)22(24)28/h4-9,13-14H,3,10-12,15H2,1-2H3,(H2,24,28). The molecule has 4 rings (SSSR count). The number of anilines is 2. The molecule has 0 saturated carbocycles. The molecule has 30 heavy (non-hydrogen) atoms. The molecule has 0 spiro atoms. The molecular formula is C23H26N4O2S. The van der Waals surface area contributed by atoms with E-state index in [2.05, 4.69) is 34.1 Å². The number of aromatic nitrogens is 1. The molecule has 1 aliphatic rings. The van der Waals surface area contributed by atoms with Crippen LogP contribution in [0.25, 0.3) is 0 Å². The molecule has 2 aromatic carbocycles. The second kappa shape index (κ2) is 8.75. The van der Waals surface area contributed by atoms with Gasteiger partial charge in [-0.05, 0) is 54.3 Å². The van der Waals surface area contributed by atoms with Gasteiger partial charge in [-0.3, -0.25) is 4.90 Å². The minimum absolute atomic E-state index is 0.457. The number of hydrogen-bond donors (Lipinski definition) is 1. The number of carbonyl (C=O) groups is 1. The maximum atomic E-state index is 11.5. The maximum Gasteiger partial charge on any atom is 0.318 e. The van der Waals surface area contributed by atoms with E-state index in [0.29, 0.717) is 6.61 Å². The van der Waals surface area contributed by atoms with Gasteiger partial charge in [0.05, 0.1) is 6.61 Å². The lowest BCUT2D eigenvalue weighted by Gasteiger charge is -2.29. The van der Waals surface area contributed by atoms with Gasteiger partial charge in [-0.2, -0.15) is 0 Å². The van der Waals surface area contributed by atoms with Gasteiger partial charge in [-0.15, -0.1) is 11.3 Å². The molecule has 0 radical (unpaired) electrons. The fourth-order valence-corrected chi connectivity index (χ4v) is 4.61. The number of thiazole rings is 1. The Morgan fingerprint density at radius 2 is 2.03 bits per heavy atom. The van der Waals surface area contributed by atoms with E-state index in [-0.39, 0.29) is 0 Å². The number of nitrogens with two attached hydrogens (primary N) is 1. The third-order valence-corrected chi connectivity index (χ3v) is 6.40. The molecular weight excluding hydrogens is 396 g/mol. The van der Waals surface area contributed by atoms with Crippen LogP contribution < -0.4 is 20.3 Å². The van der Waals surface area contributed by atoms with Gasteiger partial charge in [0.2, 0.25) is 0 Å². The van der Waals surface area contributed by atoms with Gasteiger partial charge in [0.15, 0.2) is 5.13 Å². The Kier molecular flexibility index (Phi) is 5.90. The van der Waals surface area contributed by atoms with Crippen molar-refractivity contribution in [1.82, 2.24) is 4.98 Å². The molecule has 156 valence electrons. The second-order valence-electron chi connectivity index (χ2n) is 7.38. The average Bonchev–Trinajstić information content (AvgIpc) is 3.22. The van der Waals surface area contributed by atoms with Crippen LogP contribution in [-0.4, -0.2) is 31.2 Å². The topological polar surface area (TPSA) is 71.7 Å². The van der Waals surface area contributed by atoms with E-state index in [4.69, 9.17) is 10.5 Å². The molecule has 6 nitrogen and oxygen atoms in total. The van der Waals surface area contributed by atoms with Crippen molar-refractivity contribution in [3.05, 3.63) is 70.2 Å². The number of fused-ring (bicyclic) bond motifs is 1. The van der Waals surface area contributed by atoms with Crippen molar-refractivity contribution in [2.45, 2.75) is 26.3 Å². The van der Waals surface area contributed by atoms with Crippen molar-refractivity contribution < 1.29 is 9.53 Å². The summed E-state index contributed by atoms with van der Waals surface area (Å²) in [6.45, 7) is 4.39. The number of carbonyl (C=O) groups excluding carboxylic acids is 1. The highest BCUT2D eigenvalue weighted by Crippen LogP contribution is 2.31. The molecule has 2 N–H and O–H groups in total. The zero-order valence-corrected chi connectivity index (χ0v) is 18.1. The molecule has 0 aliphatic carbocycles. The first kappa shape index (κ1) is 20.2. The van der Waals surface area contributed by atoms with Gasteiger partial charge >= 0.3 is 6.03 Å². The molecule has 0 atom stereocenters. The molecule has 2 amide bonds. The van der Waals surface area contributed by atoms with Crippen LogP contribution in [0.3, 0.4) is 0 Å². The van der Waals surface area contributed by atoms with Crippen molar-refractivity contribution in [2.24, 2.45) is 5.73 Å². The number of ether oxygens (including phenoxy) is 1. The summed E-state index contributed by atoms with van der Waals surface area (Å²) in [4.78, 5) is 21.2. The van der Waals surface area contributed by atoms with Gasteiger partial charge in [0.25, 0.3) is 0 Å². The molecule has 3 aromatic rings. The molecule has 0 bridgehead atoms. The van der Waals surface area contributed by atoms with Gasteiger partial charge in [0.1, 0.15) is 5.75 Å². The molecule has 0 unspecified atom stereocenters. The van der Waals surface area contributed by atoms with Crippen LogP contribution in [0.15, 0.2) is 48.7 Å². The van der Waals surface area contributed by atoms with Crippen LogP contribution in [0.4, 0.5) is 15.6 Å². The summed E-state index contributed by atoms with van der Waals surface area (Å²) in [5.74, 6) is 0.902. The van der Waals surface area contributed by atoms with Gasteiger partial charge in [0, 0.05) is 43.3 Å². The lowest BCUT2D eigenvalue weighted by atomic mass is 9.99. The zero-order valence-electron chi connectivity index (χ0n) is 17.3. The zero-order chi connectivity index (χ0) is 21.1. The van der Waals surface area contributed by atoms with Gasteiger partial charge in [-0.1, -0.05) is 18.2 Å². The maximum absolute atomic E-state index is 11.5. The number of rotatable bonds is 6. The fourth-order valence-electron chi connectivity index (χ4n) is 3.64. The van der Waals surface area contributed by atoms with Crippen LogP contribution in [0.1, 0.15) is 28.5 Å². The largest absolute Gasteiger partial charge is 0.494 e. The summed E-state index contributed by atoms with van der Waals surface area (Å²) in [5.41, 5.74) is 10.0. The second-order valence-corrected chi connectivity index (χ2v) is 8.48. The van der Waals surface area contributed by atoms with E-state index in [1.165, 1.54) is 26.5 Å². The van der Waals surface area contributed by atoms with Crippen molar-refractivity contribution in [1.29, 1.82) is 0 Å². The summed E-state index contributed by atoms with van der Waals surface area (Å²) in [5, 5.41) is 1.04. The molecule has 7 heteroatoms. The third kappa shape index (κ3) is 4.41. The van der Waals surface area contributed by atoms with E-state index < -0.39 is 6.03 Å². The Morgan fingerprint density at radius 3 is 2.77 bits per heavy atom. The Morgan fingerprint density at radius 1 is 1.23 bits per heavy atom. The van der Waals surface area contributed by atoms with Crippen LogP contribution in [-0.2, 0) is 19.4 Å². The first-order valence-electron chi connectivity index (χ1n) is 10.1. The summed E-state index contributed by atoms with van der Waals surface area (Å²) >= 11 is 1.74. The highest BCUT2D eigenvalue weighted by molar-refractivity contribution is 7.15. The number of benzene rings is 2. The van der Waals surface area contributed by atoms with Crippen LogP contribution in [0.2, 0.25) is 0 Å². The highest BCUT2D eigenvalue weighted by atomic mass is 32.1. The van der Waals surface area contributed by atoms with Crippen molar-refractivity contribution in [3.8, 4) is 5.75 Å². The summed E-state index contributed by atoms with van der Waals surface area (Å²) < 4.78 is 5.51. The molecule has 0 fully saturated rings. The van der Waals surface area contributed by atoms with E-state index in [9.17, 15) is 4.79 Å². The Bertz CT molecular complexity index is 1030. The van der Waals surface area contributed by atoms with E-state index in [1.54, 1.807) is 18.4 Å². The molecule has 1 aromatic heterocycles. The fraction of sp³-hybridized carbons (Fsp3) is 0.304. The van der Waals surface area contributed by atoms with Crippen LogP contribution in [0.5, 0.6) is 5.75 Å². The highest BCUT2D eigenvalue weighted by Gasteiger charge is 2.20. The lowest BCUT2D eigenvalue weighted by molar-refractivity contribution is 0.255. The summed E-state index contributed by atoms with van der Waals surface area (Å²) in [6.07, 6.45) is 3.80. The van der Waals surface area contributed by atoms with Crippen LogP contribution >= 0.6 is 11.3 Å². The number of amides is 2. The molecule has 2 heterocycles. The van der Waals surface area contributed by atoms with Crippen molar-refractivity contribution >= 4 is 28.2 Å².